The molecule has 2 heterocycles. The van der Waals surface area contributed by atoms with Crippen molar-refractivity contribution in [2.24, 2.45) is 0 Å². The van der Waals surface area contributed by atoms with Crippen molar-refractivity contribution in [1.29, 1.82) is 0 Å². The number of benzene rings is 2. The molecule has 0 bridgehead atoms. The molecule has 35 heavy (non-hydrogen) atoms. The Morgan fingerprint density at radius 1 is 1.06 bits per heavy atom. The second-order valence-electron chi connectivity index (χ2n) is 8.89. The first kappa shape index (κ1) is 24.8. The van der Waals surface area contributed by atoms with E-state index in [0.29, 0.717) is 49.6 Å². The molecule has 186 valence electrons. The third-order valence-electron chi connectivity index (χ3n) is 6.21. The lowest BCUT2D eigenvalue weighted by Crippen LogP contribution is -2.48. The number of amides is 1. The molecule has 0 radical (unpaired) electrons. The summed E-state index contributed by atoms with van der Waals surface area (Å²) in [7, 11) is 0. The second-order valence-corrected chi connectivity index (χ2v) is 8.89. The predicted molar refractivity (Wildman–Crippen MR) is 124 cm³/mol. The van der Waals surface area contributed by atoms with E-state index in [1.165, 1.54) is 12.1 Å². The highest BCUT2D eigenvalue weighted by Gasteiger charge is 2.31. The number of aryl methyl sites for hydroxylation is 3. The third-order valence-corrected chi connectivity index (χ3v) is 6.21. The molecule has 0 atom stereocenters. The van der Waals surface area contributed by atoms with Gasteiger partial charge in [0.1, 0.15) is 18.1 Å². The van der Waals surface area contributed by atoms with Crippen LogP contribution in [0.3, 0.4) is 0 Å². The van der Waals surface area contributed by atoms with E-state index in [2.05, 4.69) is 5.16 Å². The molecule has 1 aromatic heterocycles. The zero-order valence-corrected chi connectivity index (χ0v) is 20.0. The number of aromatic nitrogens is 1. The summed E-state index contributed by atoms with van der Waals surface area (Å²) in [4.78, 5) is 16.9. The van der Waals surface area contributed by atoms with Gasteiger partial charge in [-0.1, -0.05) is 41.1 Å². The molecule has 4 rings (SSSR count). The summed E-state index contributed by atoms with van der Waals surface area (Å²) in [6.45, 7) is 8.27. The van der Waals surface area contributed by atoms with Gasteiger partial charge in [0.2, 0.25) is 0 Å². The minimum Gasteiger partial charge on any atom is -0.488 e. The fourth-order valence-corrected chi connectivity index (χ4v) is 4.20. The number of ether oxygens (including phenoxy) is 1. The zero-order chi connectivity index (χ0) is 25.2. The highest BCUT2D eigenvalue weighted by atomic mass is 19.4. The van der Waals surface area contributed by atoms with Gasteiger partial charge in [-0.15, -0.1) is 0 Å². The Kier molecular flexibility index (Phi) is 7.16. The van der Waals surface area contributed by atoms with Gasteiger partial charge in [-0.2, -0.15) is 13.2 Å². The molecule has 1 fully saturated rings. The van der Waals surface area contributed by atoms with E-state index in [-0.39, 0.29) is 18.2 Å². The van der Waals surface area contributed by atoms with Crippen LogP contribution in [-0.2, 0) is 19.3 Å². The molecule has 3 aromatic rings. The number of carbonyl (C=O) groups excluding carboxylic acids is 1. The average Bonchev–Trinajstić information content (AvgIpc) is 3.18. The van der Waals surface area contributed by atoms with Crippen molar-refractivity contribution >= 4 is 5.91 Å². The van der Waals surface area contributed by atoms with Gasteiger partial charge in [0.25, 0.3) is 5.91 Å². The van der Waals surface area contributed by atoms with Gasteiger partial charge in [0, 0.05) is 32.7 Å². The van der Waals surface area contributed by atoms with Crippen LogP contribution in [0.15, 0.2) is 47.0 Å². The van der Waals surface area contributed by atoms with E-state index in [9.17, 15) is 18.0 Å². The van der Waals surface area contributed by atoms with Crippen molar-refractivity contribution in [2.45, 2.75) is 40.1 Å². The molecule has 2 aromatic carbocycles. The minimum absolute atomic E-state index is 0.163. The Labute approximate surface area is 202 Å². The first-order chi connectivity index (χ1) is 16.6. The minimum atomic E-state index is -4.36. The largest absolute Gasteiger partial charge is 0.488 e. The van der Waals surface area contributed by atoms with Gasteiger partial charge in [-0.05, 0) is 44.0 Å². The predicted octanol–water partition coefficient (Wildman–Crippen LogP) is 5.16. The Morgan fingerprint density at radius 2 is 1.80 bits per heavy atom. The van der Waals surface area contributed by atoms with Crippen LogP contribution in [0.5, 0.6) is 5.75 Å². The van der Waals surface area contributed by atoms with E-state index in [0.717, 1.165) is 22.9 Å². The number of piperazine rings is 1. The van der Waals surface area contributed by atoms with E-state index in [1.54, 1.807) is 17.9 Å². The van der Waals surface area contributed by atoms with Crippen LogP contribution in [0.2, 0.25) is 0 Å². The highest BCUT2D eigenvalue weighted by Crippen LogP contribution is 2.30. The van der Waals surface area contributed by atoms with Crippen LogP contribution in [-0.4, -0.2) is 47.0 Å². The lowest BCUT2D eigenvalue weighted by molar-refractivity contribution is -0.137. The molecule has 0 unspecified atom stereocenters. The summed E-state index contributed by atoms with van der Waals surface area (Å²) in [5, 5.41) is 3.99. The van der Waals surface area contributed by atoms with E-state index >= 15 is 0 Å². The molecule has 1 aliphatic rings. The van der Waals surface area contributed by atoms with Gasteiger partial charge < -0.3 is 14.2 Å². The molecule has 9 heteroatoms. The van der Waals surface area contributed by atoms with Crippen molar-refractivity contribution in [3.05, 3.63) is 81.7 Å². The maximum Gasteiger partial charge on any atom is 0.416 e. The van der Waals surface area contributed by atoms with Crippen LogP contribution in [0.25, 0.3) is 0 Å². The van der Waals surface area contributed by atoms with Gasteiger partial charge in [-0.3, -0.25) is 9.69 Å². The van der Waals surface area contributed by atoms with Gasteiger partial charge in [-0.25, -0.2) is 0 Å². The zero-order valence-electron chi connectivity index (χ0n) is 20.0. The Bertz CT molecular complexity index is 1200. The van der Waals surface area contributed by atoms with Crippen LogP contribution in [0.4, 0.5) is 13.2 Å². The molecular formula is C26H28F3N3O3. The summed E-state index contributed by atoms with van der Waals surface area (Å²) in [5.74, 6) is 1.03. The molecule has 0 aliphatic carbocycles. The molecule has 0 spiro atoms. The molecule has 0 N–H and O–H groups in total. The van der Waals surface area contributed by atoms with E-state index < -0.39 is 11.7 Å². The lowest BCUT2D eigenvalue weighted by Gasteiger charge is -2.34. The van der Waals surface area contributed by atoms with Crippen LogP contribution in [0.1, 0.15) is 44.1 Å². The molecule has 0 saturated carbocycles. The Morgan fingerprint density at radius 3 is 2.49 bits per heavy atom. The quantitative estimate of drug-likeness (QED) is 0.481. The fourth-order valence-electron chi connectivity index (χ4n) is 4.20. The molecule has 1 amide bonds. The Balaban J connectivity index is 1.37. The number of rotatable bonds is 6. The maximum atomic E-state index is 13.2. The highest BCUT2D eigenvalue weighted by molar-refractivity contribution is 5.93. The normalized spacial score (nSPS) is 14.9. The number of hydrogen-bond acceptors (Lipinski definition) is 5. The molecule has 1 aliphatic heterocycles. The smallest absolute Gasteiger partial charge is 0.416 e. The number of hydrogen-bond donors (Lipinski definition) is 0. The SMILES string of the molecule is Cc1ccc(OCc2c(C(=O)N3CCN(Cc4cccc(C(F)(F)F)c4)CC3)noc2C)c(C)c1. The number of halogens is 3. The summed E-state index contributed by atoms with van der Waals surface area (Å²) >= 11 is 0. The standard InChI is InChI=1S/C26H28F3N3O3/c1-17-7-8-23(18(2)13-17)34-16-22-19(3)35-30-24(22)25(33)32-11-9-31(10-12-32)15-20-5-4-6-21(14-20)26(27,28)29/h4-8,13-14H,9-12,15-16H2,1-3H3. The van der Waals surface area contributed by atoms with Crippen molar-refractivity contribution in [3.63, 3.8) is 0 Å². The monoisotopic (exact) mass is 487 g/mol. The van der Waals surface area contributed by atoms with E-state index in [4.69, 9.17) is 9.26 Å². The van der Waals surface area contributed by atoms with Crippen molar-refractivity contribution in [2.75, 3.05) is 26.2 Å². The number of nitrogens with zero attached hydrogens (tertiary/aromatic N) is 3. The first-order valence-corrected chi connectivity index (χ1v) is 11.4. The second kappa shape index (κ2) is 10.1. The molecule has 6 nitrogen and oxygen atoms in total. The lowest BCUT2D eigenvalue weighted by atomic mass is 10.1. The summed E-state index contributed by atoms with van der Waals surface area (Å²) in [6, 6.07) is 11.3. The van der Waals surface area contributed by atoms with E-state index in [1.807, 2.05) is 36.9 Å². The number of alkyl halides is 3. The Hall–Kier alpha value is -3.33. The summed E-state index contributed by atoms with van der Waals surface area (Å²) in [5.41, 5.74) is 2.93. The van der Waals surface area contributed by atoms with Crippen molar-refractivity contribution in [3.8, 4) is 5.75 Å². The number of carbonyl (C=O) groups is 1. The molecular weight excluding hydrogens is 459 g/mol. The van der Waals surface area contributed by atoms with Gasteiger partial charge in [0.15, 0.2) is 5.69 Å². The summed E-state index contributed by atoms with van der Waals surface area (Å²) in [6.07, 6.45) is -4.36. The maximum absolute atomic E-state index is 13.2. The fraction of sp³-hybridized carbons (Fsp3) is 0.385. The third kappa shape index (κ3) is 5.85. The van der Waals surface area contributed by atoms with Crippen LogP contribution >= 0.6 is 0 Å². The van der Waals surface area contributed by atoms with Crippen LogP contribution < -0.4 is 4.74 Å². The summed E-state index contributed by atoms with van der Waals surface area (Å²) < 4.78 is 50.2. The van der Waals surface area contributed by atoms with Crippen LogP contribution in [0, 0.1) is 20.8 Å². The van der Waals surface area contributed by atoms with Crippen molar-refractivity contribution < 1.29 is 27.2 Å². The van der Waals surface area contributed by atoms with Gasteiger partial charge >= 0.3 is 6.18 Å². The van der Waals surface area contributed by atoms with Gasteiger partial charge in [0.05, 0.1) is 11.1 Å². The molecule has 1 saturated heterocycles. The average molecular weight is 488 g/mol. The first-order valence-electron chi connectivity index (χ1n) is 11.4. The topological polar surface area (TPSA) is 58.8 Å². The van der Waals surface area contributed by atoms with Crippen molar-refractivity contribution in [1.82, 2.24) is 15.0 Å².